The van der Waals surface area contributed by atoms with Crippen LogP contribution in [0, 0.1) is 0 Å². The molecule has 1 fully saturated rings. The molecule has 0 N–H and O–H groups in total. The Morgan fingerprint density at radius 1 is 1.60 bits per heavy atom. The number of ketones is 1. The highest BCUT2D eigenvalue weighted by Crippen LogP contribution is 2.18. The predicted octanol–water partition coefficient (Wildman–Crippen LogP) is 2.33. The average Bonchev–Trinajstić information content (AvgIpc) is 2.70. The zero-order chi connectivity index (χ0) is 11.1. The van der Waals surface area contributed by atoms with Crippen molar-refractivity contribution in [3.05, 3.63) is 0 Å². The minimum Gasteiger partial charge on any atom is -0.381 e. The third-order valence-corrected chi connectivity index (χ3v) is 2.92. The summed E-state index contributed by atoms with van der Waals surface area (Å²) in [6.07, 6.45) is 6.03. The molecule has 3 heteroatoms. The minimum atomic E-state index is 0.0558. The number of methoxy groups -OCH3 is 1. The maximum Gasteiger partial charge on any atom is 0.135 e. The van der Waals surface area contributed by atoms with E-state index in [-0.39, 0.29) is 6.10 Å². The molecule has 2 atom stereocenters. The molecule has 1 aliphatic heterocycles. The lowest BCUT2D eigenvalue weighted by atomic mass is 10.0. The smallest absolute Gasteiger partial charge is 0.135 e. The van der Waals surface area contributed by atoms with Crippen LogP contribution in [0.4, 0.5) is 0 Å². The van der Waals surface area contributed by atoms with Crippen LogP contribution in [-0.4, -0.2) is 31.7 Å². The van der Waals surface area contributed by atoms with Gasteiger partial charge in [-0.05, 0) is 32.6 Å². The van der Waals surface area contributed by atoms with Gasteiger partial charge in [0.25, 0.3) is 0 Å². The van der Waals surface area contributed by atoms with E-state index in [9.17, 15) is 4.79 Å². The van der Waals surface area contributed by atoms with Crippen LogP contribution < -0.4 is 0 Å². The SMILES string of the molecule is COC(C)CC(=O)CCCC1CCCO1. The van der Waals surface area contributed by atoms with Gasteiger partial charge in [0.2, 0.25) is 0 Å². The zero-order valence-corrected chi connectivity index (χ0v) is 9.83. The second kappa shape index (κ2) is 6.96. The number of hydrogen-bond acceptors (Lipinski definition) is 3. The fourth-order valence-electron chi connectivity index (χ4n) is 1.90. The first kappa shape index (κ1) is 12.7. The van der Waals surface area contributed by atoms with Crippen molar-refractivity contribution in [2.75, 3.05) is 13.7 Å². The van der Waals surface area contributed by atoms with E-state index in [2.05, 4.69) is 0 Å². The van der Waals surface area contributed by atoms with Gasteiger partial charge in [-0.25, -0.2) is 0 Å². The molecule has 0 aromatic rings. The van der Waals surface area contributed by atoms with Gasteiger partial charge in [-0.3, -0.25) is 4.79 Å². The summed E-state index contributed by atoms with van der Waals surface area (Å²) in [7, 11) is 1.64. The summed E-state index contributed by atoms with van der Waals surface area (Å²) in [5, 5.41) is 0. The van der Waals surface area contributed by atoms with E-state index in [0.29, 0.717) is 24.7 Å². The summed E-state index contributed by atoms with van der Waals surface area (Å²) in [6.45, 7) is 2.83. The monoisotopic (exact) mass is 214 g/mol. The van der Waals surface area contributed by atoms with E-state index in [4.69, 9.17) is 9.47 Å². The molecule has 1 saturated heterocycles. The Morgan fingerprint density at radius 2 is 2.40 bits per heavy atom. The van der Waals surface area contributed by atoms with Crippen molar-refractivity contribution in [2.24, 2.45) is 0 Å². The van der Waals surface area contributed by atoms with Gasteiger partial charge >= 0.3 is 0 Å². The van der Waals surface area contributed by atoms with E-state index < -0.39 is 0 Å². The Hall–Kier alpha value is -0.410. The maximum absolute atomic E-state index is 11.5. The molecule has 0 amide bonds. The van der Waals surface area contributed by atoms with Crippen LogP contribution in [0.1, 0.15) is 45.4 Å². The number of rotatable bonds is 7. The van der Waals surface area contributed by atoms with E-state index >= 15 is 0 Å². The van der Waals surface area contributed by atoms with Crippen LogP contribution in [0.15, 0.2) is 0 Å². The molecule has 88 valence electrons. The lowest BCUT2D eigenvalue weighted by Crippen LogP contribution is -2.13. The summed E-state index contributed by atoms with van der Waals surface area (Å²) in [5.41, 5.74) is 0. The molecule has 1 heterocycles. The highest BCUT2D eigenvalue weighted by atomic mass is 16.5. The fraction of sp³-hybridized carbons (Fsp3) is 0.917. The molecule has 0 radical (unpaired) electrons. The summed E-state index contributed by atoms with van der Waals surface area (Å²) in [4.78, 5) is 11.5. The Balaban J connectivity index is 2.01. The molecular weight excluding hydrogens is 192 g/mol. The molecule has 0 aromatic heterocycles. The van der Waals surface area contributed by atoms with Crippen LogP contribution in [0.5, 0.6) is 0 Å². The average molecular weight is 214 g/mol. The Morgan fingerprint density at radius 3 is 3.00 bits per heavy atom. The molecular formula is C12H22O3. The van der Waals surface area contributed by atoms with Crippen molar-refractivity contribution < 1.29 is 14.3 Å². The Kier molecular flexibility index (Phi) is 5.88. The van der Waals surface area contributed by atoms with Gasteiger partial charge in [0, 0.05) is 26.6 Å². The summed E-state index contributed by atoms with van der Waals surface area (Å²) >= 11 is 0. The van der Waals surface area contributed by atoms with Gasteiger partial charge in [-0.15, -0.1) is 0 Å². The van der Waals surface area contributed by atoms with E-state index in [1.54, 1.807) is 7.11 Å². The van der Waals surface area contributed by atoms with Crippen molar-refractivity contribution in [1.82, 2.24) is 0 Å². The molecule has 1 rings (SSSR count). The summed E-state index contributed by atoms with van der Waals surface area (Å²) in [5.74, 6) is 0.308. The van der Waals surface area contributed by atoms with Crippen molar-refractivity contribution in [3.63, 3.8) is 0 Å². The molecule has 0 saturated carbocycles. The van der Waals surface area contributed by atoms with Gasteiger partial charge in [0.1, 0.15) is 5.78 Å². The zero-order valence-electron chi connectivity index (χ0n) is 9.83. The van der Waals surface area contributed by atoms with E-state index in [1.807, 2.05) is 6.92 Å². The molecule has 0 bridgehead atoms. The third-order valence-electron chi connectivity index (χ3n) is 2.92. The van der Waals surface area contributed by atoms with Gasteiger partial charge < -0.3 is 9.47 Å². The highest BCUT2D eigenvalue weighted by molar-refractivity contribution is 5.78. The van der Waals surface area contributed by atoms with Gasteiger partial charge in [0.15, 0.2) is 0 Å². The second-order valence-electron chi connectivity index (χ2n) is 4.32. The van der Waals surface area contributed by atoms with E-state index in [0.717, 1.165) is 19.4 Å². The van der Waals surface area contributed by atoms with Crippen molar-refractivity contribution >= 4 is 5.78 Å². The topological polar surface area (TPSA) is 35.5 Å². The Bertz CT molecular complexity index is 185. The van der Waals surface area contributed by atoms with Crippen LogP contribution in [-0.2, 0) is 14.3 Å². The number of hydrogen-bond donors (Lipinski definition) is 0. The summed E-state index contributed by atoms with van der Waals surface area (Å²) < 4.78 is 10.6. The molecule has 3 nitrogen and oxygen atoms in total. The van der Waals surface area contributed by atoms with Crippen LogP contribution in [0.25, 0.3) is 0 Å². The number of Topliss-reactive ketones (excluding diaryl/α,β-unsaturated/α-hetero) is 1. The molecule has 0 aromatic carbocycles. The lowest BCUT2D eigenvalue weighted by molar-refractivity contribution is -0.121. The molecule has 1 aliphatic rings. The van der Waals surface area contributed by atoms with Crippen LogP contribution >= 0.6 is 0 Å². The van der Waals surface area contributed by atoms with Gasteiger partial charge in [-0.2, -0.15) is 0 Å². The van der Waals surface area contributed by atoms with Crippen LogP contribution in [0.2, 0.25) is 0 Å². The number of carbonyl (C=O) groups is 1. The van der Waals surface area contributed by atoms with Crippen molar-refractivity contribution in [3.8, 4) is 0 Å². The first-order chi connectivity index (χ1) is 7.22. The fourth-order valence-corrected chi connectivity index (χ4v) is 1.90. The molecule has 2 unspecified atom stereocenters. The normalized spacial score (nSPS) is 22.9. The standard InChI is InChI=1S/C12H22O3/c1-10(14-2)9-11(13)5-3-6-12-7-4-8-15-12/h10,12H,3-9H2,1-2H3. The highest BCUT2D eigenvalue weighted by Gasteiger charge is 2.15. The Labute approximate surface area is 92.1 Å². The van der Waals surface area contributed by atoms with Gasteiger partial charge in [-0.1, -0.05) is 0 Å². The number of carbonyl (C=O) groups excluding carboxylic acids is 1. The minimum absolute atomic E-state index is 0.0558. The van der Waals surface area contributed by atoms with Crippen LogP contribution in [0.3, 0.4) is 0 Å². The van der Waals surface area contributed by atoms with Crippen molar-refractivity contribution in [1.29, 1.82) is 0 Å². The quantitative estimate of drug-likeness (QED) is 0.652. The van der Waals surface area contributed by atoms with Gasteiger partial charge in [0.05, 0.1) is 12.2 Å². The first-order valence-electron chi connectivity index (χ1n) is 5.88. The largest absolute Gasteiger partial charge is 0.381 e. The molecule has 0 spiro atoms. The summed E-state index contributed by atoms with van der Waals surface area (Å²) in [6, 6.07) is 0. The predicted molar refractivity (Wildman–Crippen MR) is 58.9 cm³/mol. The first-order valence-corrected chi connectivity index (χ1v) is 5.88. The number of ether oxygens (including phenoxy) is 2. The maximum atomic E-state index is 11.5. The third kappa shape index (κ3) is 5.28. The van der Waals surface area contributed by atoms with Crippen molar-refractivity contribution in [2.45, 2.75) is 57.7 Å². The molecule has 15 heavy (non-hydrogen) atoms. The second-order valence-corrected chi connectivity index (χ2v) is 4.32. The van der Waals surface area contributed by atoms with E-state index in [1.165, 1.54) is 12.8 Å². The molecule has 0 aliphatic carbocycles. The lowest BCUT2D eigenvalue weighted by Gasteiger charge is -2.10.